The second-order valence-corrected chi connectivity index (χ2v) is 2.63. The second-order valence-electron chi connectivity index (χ2n) is 2.63. The molecule has 1 fully saturated rings. The number of carbonyl (C=O) groups excluding carboxylic acids is 1. The van der Waals surface area contributed by atoms with Crippen LogP contribution in [0.2, 0.25) is 0 Å². The maximum atomic E-state index is 10.6. The fourth-order valence-corrected chi connectivity index (χ4v) is 1.15. The quantitative estimate of drug-likeness (QED) is 0.492. The standard InChI is InChI=1S/C6H14N4O/c7-5-9-1-3-10(4-2-9)6(8)11/h1-5,7H2,(H2,8,11). The molecule has 0 radical (unpaired) electrons. The molecular formula is C6H14N4O. The molecule has 11 heavy (non-hydrogen) atoms. The molecule has 5 heteroatoms. The number of amides is 2. The first kappa shape index (κ1) is 8.29. The number of hydrogen-bond acceptors (Lipinski definition) is 3. The summed E-state index contributed by atoms with van der Waals surface area (Å²) in [6.45, 7) is 3.63. The Balaban J connectivity index is 2.30. The molecule has 0 saturated carbocycles. The first-order valence-corrected chi connectivity index (χ1v) is 3.71. The van der Waals surface area contributed by atoms with Gasteiger partial charge in [0.15, 0.2) is 0 Å². The Morgan fingerprint density at radius 3 is 2.18 bits per heavy atom. The Kier molecular flexibility index (Phi) is 2.67. The summed E-state index contributed by atoms with van der Waals surface area (Å²) in [6, 6.07) is -0.332. The zero-order valence-electron chi connectivity index (χ0n) is 6.49. The van der Waals surface area contributed by atoms with Crippen LogP contribution < -0.4 is 11.5 Å². The lowest BCUT2D eigenvalue weighted by Gasteiger charge is -2.32. The minimum atomic E-state index is -0.332. The molecule has 1 aliphatic heterocycles. The third kappa shape index (κ3) is 2.06. The van der Waals surface area contributed by atoms with E-state index in [1.165, 1.54) is 0 Å². The first-order valence-electron chi connectivity index (χ1n) is 3.71. The minimum Gasteiger partial charge on any atom is -0.351 e. The lowest BCUT2D eigenvalue weighted by molar-refractivity contribution is 0.147. The van der Waals surface area contributed by atoms with Crippen molar-refractivity contribution in [1.29, 1.82) is 0 Å². The van der Waals surface area contributed by atoms with Crippen molar-refractivity contribution in [1.82, 2.24) is 9.80 Å². The van der Waals surface area contributed by atoms with Gasteiger partial charge in [0.05, 0.1) is 0 Å². The van der Waals surface area contributed by atoms with Crippen molar-refractivity contribution in [3.8, 4) is 0 Å². The van der Waals surface area contributed by atoms with Crippen molar-refractivity contribution < 1.29 is 4.79 Å². The van der Waals surface area contributed by atoms with Gasteiger partial charge in [-0.3, -0.25) is 4.90 Å². The normalized spacial score (nSPS) is 20.3. The van der Waals surface area contributed by atoms with Crippen molar-refractivity contribution in [3.05, 3.63) is 0 Å². The van der Waals surface area contributed by atoms with Crippen LogP contribution in [0, 0.1) is 0 Å². The Bertz CT molecular complexity index is 142. The van der Waals surface area contributed by atoms with Gasteiger partial charge in [-0.15, -0.1) is 0 Å². The summed E-state index contributed by atoms with van der Waals surface area (Å²) in [5.74, 6) is 0. The Labute approximate surface area is 65.9 Å². The van der Waals surface area contributed by atoms with Gasteiger partial charge in [0.25, 0.3) is 0 Å². The summed E-state index contributed by atoms with van der Waals surface area (Å²) < 4.78 is 0. The van der Waals surface area contributed by atoms with E-state index in [1.807, 2.05) is 0 Å². The van der Waals surface area contributed by atoms with E-state index in [0.717, 1.165) is 13.1 Å². The molecule has 0 atom stereocenters. The molecule has 0 aromatic carbocycles. The third-order valence-electron chi connectivity index (χ3n) is 1.94. The van der Waals surface area contributed by atoms with Crippen molar-refractivity contribution in [2.45, 2.75) is 0 Å². The fourth-order valence-electron chi connectivity index (χ4n) is 1.15. The van der Waals surface area contributed by atoms with E-state index in [1.54, 1.807) is 4.90 Å². The number of carbonyl (C=O) groups is 1. The molecular weight excluding hydrogens is 144 g/mol. The van der Waals surface area contributed by atoms with Crippen LogP contribution in [0.15, 0.2) is 0 Å². The average Bonchev–Trinajstić information content (AvgIpc) is 2.05. The highest BCUT2D eigenvalue weighted by Crippen LogP contribution is 1.98. The maximum Gasteiger partial charge on any atom is 0.314 e. The van der Waals surface area contributed by atoms with E-state index >= 15 is 0 Å². The highest BCUT2D eigenvalue weighted by Gasteiger charge is 2.17. The largest absolute Gasteiger partial charge is 0.351 e. The highest BCUT2D eigenvalue weighted by molar-refractivity contribution is 5.72. The van der Waals surface area contributed by atoms with Crippen LogP contribution in [0.25, 0.3) is 0 Å². The molecule has 1 saturated heterocycles. The van der Waals surface area contributed by atoms with E-state index in [4.69, 9.17) is 11.5 Å². The predicted octanol–water partition coefficient (Wildman–Crippen LogP) is -1.40. The molecule has 0 aromatic rings. The van der Waals surface area contributed by atoms with Gasteiger partial charge in [-0.05, 0) is 0 Å². The summed E-state index contributed by atoms with van der Waals surface area (Å²) in [6.07, 6.45) is 0. The monoisotopic (exact) mass is 158 g/mol. The predicted molar refractivity (Wildman–Crippen MR) is 41.8 cm³/mol. The number of urea groups is 1. The summed E-state index contributed by atoms with van der Waals surface area (Å²) in [7, 11) is 0. The zero-order valence-corrected chi connectivity index (χ0v) is 6.49. The van der Waals surface area contributed by atoms with Crippen molar-refractivity contribution in [2.24, 2.45) is 11.5 Å². The van der Waals surface area contributed by atoms with Crippen LogP contribution >= 0.6 is 0 Å². The maximum absolute atomic E-state index is 10.6. The van der Waals surface area contributed by atoms with E-state index in [2.05, 4.69) is 4.90 Å². The number of primary amides is 1. The summed E-state index contributed by atoms with van der Waals surface area (Å²) in [4.78, 5) is 14.4. The molecule has 4 N–H and O–H groups in total. The van der Waals surface area contributed by atoms with Crippen LogP contribution in [-0.4, -0.2) is 48.7 Å². The number of hydrogen-bond donors (Lipinski definition) is 2. The highest BCUT2D eigenvalue weighted by atomic mass is 16.2. The molecule has 0 aromatic heterocycles. The Hall–Kier alpha value is -0.810. The molecule has 0 bridgehead atoms. The van der Waals surface area contributed by atoms with Crippen LogP contribution in [0.4, 0.5) is 4.79 Å². The molecule has 0 unspecified atom stereocenters. The number of rotatable bonds is 1. The lowest BCUT2D eigenvalue weighted by atomic mass is 10.3. The molecule has 2 amide bonds. The van der Waals surface area contributed by atoms with Crippen LogP contribution in [0.1, 0.15) is 0 Å². The van der Waals surface area contributed by atoms with Crippen LogP contribution in [0.3, 0.4) is 0 Å². The molecule has 64 valence electrons. The van der Waals surface area contributed by atoms with Crippen molar-refractivity contribution >= 4 is 6.03 Å². The molecule has 1 rings (SSSR count). The molecule has 0 spiro atoms. The summed E-state index contributed by atoms with van der Waals surface area (Å²) in [5, 5.41) is 0. The number of piperazine rings is 1. The van der Waals surface area contributed by atoms with Gasteiger partial charge >= 0.3 is 6.03 Å². The van der Waals surface area contributed by atoms with Gasteiger partial charge in [0.2, 0.25) is 0 Å². The van der Waals surface area contributed by atoms with Gasteiger partial charge in [0.1, 0.15) is 0 Å². The van der Waals surface area contributed by atoms with Gasteiger partial charge < -0.3 is 16.4 Å². The zero-order chi connectivity index (χ0) is 8.27. The summed E-state index contributed by atoms with van der Waals surface area (Å²) >= 11 is 0. The van der Waals surface area contributed by atoms with E-state index in [0.29, 0.717) is 19.8 Å². The Morgan fingerprint density at radius 1 is 1.27 bits per heavy atom. The average molecular weight is 158 g/mol. The number of nitrogens with two attached hydrogens (primary N) is 2. The smallest absolute Gasteiger partial charge is 0.314 e. The third-order valence-corrected chi connectivity index (χ3v) is 1.94. The van der Waals surface area contributed by atoms with Crippen molar-refractivity contribution in [2.75, 3.05) is 32.8 Å². The Morgan fingerprint density at radius 2 is 1.82 bits per heavy atom. The van der Waals surface area contributed by atoms with Gasteiger partial charge in [-0.1, -0.05) is 0 Å². The van der Waals surface area contributed by atoms with Crippen LogP contribution in [0.5, 0.6) is 0 Å². The van der Waals surface area contributed by atoms with Crippen molar-refractivity contribution in [3.63, 3.8) is 0 Å². The van der Waals surface area contributed by atoms with Gasteiger partial charge in [0, 0.05) is 32.8 Å². The summed E-state index contributed by atoms with van der Waals surface area (Å²) in [5.41, 5.74) is 10.5. The first-order chi connectivity index (χ1) is 5.24. The SMILES string of the molecule is NCN1CCN(C(N)=O)CC1. The van der Waals surface area contributed by atoms with Crippen LogP contribution in [-0.2, 0) is 0 Å². The van der Waals surface area contributed by atoms with Gasteiger partial charge in [-0.2, -0.15) is 0 Å². The topological polar surface area (TPSA) is 75.6 Å². The van der Waals surface area contributed by atoms with Gasteiger partial charge in [-0.25, -0.2) is 4.79 Å². The van der Waals surface area contributed by atoms with E-state index in [9.17, 15) is 4.79 Å². The molecule has 1 aliphatic rings. The molecule has 0 aliphatic carbocycles. The number of nitrogens with zero attached hydrogens (tertiary/aromatic N) is 2. The van der Waals surface area contributed by atoms with E-state index < -0.39 is 0 Å². The van der Waals surface area contributed by atoms with E-state index in [-0.39, 0.29) is 6.03 Å². The molecule has 1 heterocycles. The lowest BCUT2D eigenvalue weighted by Crippen LogP contribution is -2.51. The fraction of sp³-hybridized carbons (Fsp3) is 0.833. The molecule has 5 nitrogen and oxygen atoms in total. The minimum absolute atomic E-state index is 0.332. The second kappa shape index (κ2) is 3.54.